The fourth-order valence-corrected chi connectivity index (χ4v) is 1.82. The van der Waals surface area contributed by atoms with E-state index in [1.165, 1.54) is 12.1 Å². The first-order chi connectivity index (χ1) is 7.09. The van der Waals surface area contributed by atoms with Gasteiger partial charge < -0.3 is 5.73 Å². The number of hydrogen-bond donors (Lipinski definition) is 1. The van der Waals surface area contributed by atoms with Crippen molar-refractivity contribution >= 4 is 21.7 Å². The van der Waals surface area contributed by atoms with Gasteiger partial charge >= 0.3 is 0 Å². The SMILES string of the molecule is Cn1ncc(-c2cc(F)ccc2Br)c1N. The van der Waals surface area contributed by atoms with Gasteiger partial charge in [-0.25, -0.2) is 4.39 Å². The van der Waals surface area contributed by atoms with Crippen molar-refractivity contribution < 1.29 is 4.39 Å². The number of rotatable bonds is 1. The summed E-state index contributed by atoms with van der Waals surface area (Å²) in [6, 6.07) is 4.47. The maximum atomic E-state index is 13.1. The van der Waals surface area contributed by atoms with Crippen LogP contribution in [0.15, 0.2) is 28.9 Å². The lowest BCUT2D eigenvalue weighted by Crippen LogP contribution is -1.98. The number of nitrogens with two attached hydrogens (primary N) is 1. The predicted molar refractivity (Wildman–Crippen MR) is 60.7 cm³/mol. The minimum atomic E-state index is -0.295. The Kier molecular flexibility index (Phi) is 2.48. The molecule has 2 aromatic rings. The quantitative estimate of drug-likeness (QED) is 0.865. The Morgan fingerprint density at radius 3 is 2.73 bits per heavy atom. The second-order valence-electron chi connectivity index (χ2n) is 3.19. The lowest BCUT2D eigenvalue weighted by atomic mass is 10.1. The molecule has 5 heteroatoms. The Hall–Kier alpha value is -1.36. The second-order valence-corrected chi connectivity index (χ2v) is 4.05. The molecule has 0 fully saturated rings. The molecule has 0 unspecified atom stereocenters. The van der Waals surface area contributed by atoms with Crippen LogP contribution >= 0.6 is 15.9 Å². The van der Waals surface area contributed by atoms with Gasteiger partial charge in [-0.05, 0) is 18.2 Å². The van der Waals surface area contributed by atoms with Crippen LogP contribution in [0, 0.1) is 5.82 Å². The van der Waals surface area contributed by atoms with Crippen molar-refractivity contribution in [1.29, 1.82) is 0 Å². The third-order valence-electron chi connectivity index (χ3n) is 2.20. The smallest absolute Gasteiger partial charge is 0.129 e. The number of nitrogen functional groups attached to an aromatic ring is 1. The Balaban J connectivity index is 2.63. The molecular weight excluding hydrogens is 261 g/mol. The highest BCUT2D eigenvalue weighted by molar-refractivity contribution is 9.10. The zero-order valence-corrected chi connectivity index (χ0v) is 9.62. The first-order valence-corrected chi connectivity index (χ1v) is 5.12. The lowest BCUT2D eigenvalue weighted by Gasteiger charge is -2.03. The minimum absolute atomic E-state index is 0.295. The van der Waals surface area contributed by atoms with Gasteiger partial charge in [-0.1, -0.05) is 15.9 Å². The molecule has 1 heterocycles. The molecule has 1 aromatic heterocycles. The molecule has 15 heavy (non-hydrogen) atoms. The van der Waals surface area contributed by atoms with E-state index in [9.17, 15) is 4.39 Å². The molecule has 0 atom stereocenters. The third kappa shape index (κ3) is 1.74. The fourth-order valence-electron chi connectivity index (χ4n) is 1.36. The van der Waals surface area contributed by atoms with Crippen molar-refractivity contribution in [1.82, 2.24) is 9.78 Å². The van der Waals surface area contributed by atoms with Crippen LogP contribution in [0.4, 0.5) is 10.2 Å². The number of aryl methyl sites for hydroxylation is 1. The lowest BCUT2D eigenvalue weighted by molar-refractivity contribution is 0.628. The Morgan fingerprint density at radius 1 is 1.40 bits per heavy atom. The van der Waals surface area contributed by atoms with Gasteiger partial charge in [0, 0.05) is 22.6 Å². The first kappa shape index (κ1) is 10.2. The Morgan fingerprint density at radius 2 is 2.13 bits per heavy atom. The van der Waals surface area contributed by atoms with Gasteiger partial charge in [0.1, 0.15) is 11.6 Å². The molecule has 0 aliphatic rings. The molecule has 0 amide bonds. The largest absolute Gasteiger partial charge is 0.383 e. The highest BCUT2D eigenvalue weighted by atomic mass is 79.9. The number of hydrogen-bond acceptors (Lipinski definition) is 2. The standard InChI is InChI=1S/C10H9BrFN3/c1-15-10(13)8(5-14-15)7-4-6(12)2-3-9(7)11/h2-5H,13H2,1H3. The van der Waals surface area contributed by atoms with Gasteiger partial charge in [-0.3, -0.25) is 4.68 Å². The van der Waals surface area contributed by atoms with Crippen LogP contribution < -0.4 is 5.73 Å². The van der Waals surface area contributed by atoms with E-state index in [4.69, 9.17) is 5.73 Å². The number of halogens is 2. The summed E-state index contributed by atoms with van der Waals surface area (Å²) in [5.41, 5.74) is 7.25. The summed E-state index contributed by atoms with van der Waals surface area (Å²) in [6.07, 6.45) is 1.62. The highest BCUT2D eigenvalue weighted by Crippen LogP contribution is 2.32. The second kappa shape index (κ2) is 3.66. The van der Waals surface area contributed by atoms with Crippen molar-refractivity contribution in [2.75, 3.05) is 5.73 Å². The van der Waals surface area contributed by atoms with E-state index in [-0.39, 0.29) is 5.82 Å². The average Bonchev–Trinajstić information content (AvgIpc) is 2.52. The summed E-state index contributed by atoms with van der Waals surface area (Å²) in [4.78, 5) is 0. The van der Waals surface area contributed by atoms with Crippen molar-refractivity contribution in [2.24, 2.45) is 7.05 Å². The van der Waals surface area contributed by atoms with Gasteiger partial charge in [0.25, 0.3) is 0 Å². The fraction of sp³-hybridized carbons (Fsp3) is 0.100. The van der Waals surface area contributed by atoms with Crippen molar-refractivity contribution in [2.45, 2.75) is 0 Å². The van der Waals surface area contributed by atoms with Crippen LogP contribution in [0.3, 0.4) is 0 Å². The normalized spacial score (nSPS) is 10.6. The van der Waals surface area contributed by atoms with E-state index in [0.29, 0.717) is 11.4 Å². The molecule has 78 valence electrons. The number of anilines is 1. The monoisotopic (exact) mass is 269 g/mol. The van der Waals surface area contributed by atoms with Gasteiger partial charge in [-0.2, -0.15) is 5.10 Å². The molecular formula is C10H9BrFN3. The van der Waals surface area contributed by atoms with Gasteiger partial charge in [0.2, 0.25) is 0 Å². The molecule has 0 spiro atoms. The van der Waals surface area contributed by atoms with Gasteiger partial charge in [0.05, 0.1) is 6.20 Å². The van der Waals surface area contributed by atoms with Crippen molar-refractivity contribution in [3.63, 3.8) is 0 Å². The van der Waals surface area contributed by atoms with Crippen molar-refractivity contribution in [3.05, 3.63) is 34.7 Å². The highest BCUT2D eigenvalue weighted by Gasteiger charge is 2.11. The van der Waals surface area contributed by atoms with Crippen LogP contribution in [0.25, 0.3) is 11.1 Å². The van der Waals surface area contributed by atoms with E-state index in [0.717, 1.165) is 10.0 Å². The summed E-state index contributed by atoms with van der Waals surface area (Å²) in [6.45, 7) is 0. The maximum absolute atomic E-state index is 13.1. The molecule has 0 radical (unpaired) electrons. The van der Waals surface area contributed by atoms with Crippen LogP contribution in [0.5, 0.6) is 0 Å². The van der Waals surface area contributed by atoms with Gasteiger partial charge in [0.15, 0.2) is 0 Å². The van der Waals surface area contributed by atoms with Gasteiger partial charge in [-0.15, -0.1) is 0 Å². The molecule has 0 aliphatic heterocycles. The molecule has 0 aliphatic carbocycles. The van der Waals surface area contributed by atoms with Crippen LogP contribution in [-0.4, -0.2) is 9.78 Å². The van der Waals surface area contributed by atoms with E-state index in [2.05, 4.69) is 21.0 Å². The Labute approximate surface area is 94.8 Å². The average molecular weight is 270 g/mol. The first-order valence-electron chi connectivity index (χ1n) is 4.32. The summed E-state index contributed by atoms with van der Waals surface area (Å²) >= 11 is 3.35. The third-order valence-corrected chi connectivity index (χ3v) is 2.89. The molecule has 2 rings (SSSR count). The molecule has 0 saturated carbocycles. The van der Waals surface area contributed by atoms with E-state index in [1.54, 1.807) is 24.0 Å². The van der Waals surface area contributed by atoms with Crippen LogP contribution in [0.1, 0.15) is 0 Å². The molecule has 0 bridgehead atoms. The van der Waals surface area contributed by atoms with E-state index >= 15 is 0 Å². The number of benzene rings is 1. The summed E-state index contributed by atoms with van der Waals surface area (Å²) < 4.78 is 15.4. The number of aromatic nitrogens is 2. The van der Waals surface area contributed by atoms with Crippen LogP contribution in [0.2, 0.25) is 0 Å². The molecule has 2 N–H and O–H groups in total. The zero-order valence-electron chi connectivity index (χ0n) is 8.04. The number of nitrogens with zero attached hydrogens (tertiary/aromatic N) is 2. The molecule has 1 aromatic carbocycles. The summed E-state index contributed by atoms with van der Waals surface area (Å²) in [5.74, 6) is 0.220. The van der Waals surface area contributed by atoms with Crippen molar-refractivity contribution in [3.8, 4) is 11.1 Å². The molecule has 3 nitrogen and oxygen atoms in total. The topological polar surface area (TPSA) is 43.8 Å². The summed E-state index contributed by atoms with van der Waals surface area (Å²) in [7, 11) is 1.74. The Bertz CT molecular complexity index is 507. The van der Waals surface area contributed by atoms with E-state index < -0.39 is 0 Å². The maximum Gasteiger partial charge on any atom is 0.129 e. The van der Waals surface area contributed by atoms with Crippen LogP contribution in [-0.2, 0) is 7.05 Å². The molecule has 0 saturated heterocycles. The predicted octanol–water partition coefficient (Wildman–Crippen LogP) is 2.57. The minimum Gasteiger partial charge on any atom is -0.383 e. The van der Waals surface area contributed by atoms with E-state index in [1.807, 2.05) is 0 Å². The summed E-state index contributed by atoms with van der Waals surface area (Å²) in [5, 5.41) is 4.01. The zero-order chi connectivity index (χ0) is 11.0.